The van der Waals surface area contributed by atoms with E-state index in [1.165, 1.54) is 38.5 Å². The molecule has 0 saturated heterocycles. The van der Waals surface area contributed by atoms with Crippen LogP contribution >= 0.6 is 0 Å². The second-order valence-corrected chi connectivity index (χ2v) is 4.87. The SMILES string of the molecule is CCC(=N)CC[C@H]1CCCCCC1C. The molecular formula is C13H25N. The molecule has 1 fully saturated rings. The zero-order chi connectivity index (χ0) is 10.4. The Morgan fingerprint density at radius 2 is 1.93 bits per heavy atom. The van der Waals surface area contributed by atoms with Gasteiger partial charge in [0, 0.05) is 5.71 Å². The predicted molar refractivity (Wildman–Crippen MR) is 63.0 cm³/mol. The van der Waals surface area contributed by atoms with E-state index in [2.05, 4.69) is 13.8 Å². The first kappa shape index (κ1) is 11.7. The van der Waals surface area contributed by atoms with Crippen LogP contribution in [0.5, 0.6) is 0 Å². The van der Waals surface area contributed by atoms with Crippen LogP contribution in [0, 0.1) is 17.2 Å². The molecule has 1 aliphatic rings. The maximum absolute atomic E-state index is 7.68. The maximum Gasteiger partial charge on any atom is 0.00865 e. The van der Waals surface area contributed by atoms with E-state index in [9.17, 15) is 0 Å². The first-order valence-electron chi connectivity index (χ1n) is 6.30. The van der Waals surface area contributed by atoms with Gasteiger partial charge in [-0.05, 0) is 31.1 Å². The Morgan fingerprint density at radius 3 is 2.64 bits per heavy atom. The van der Waals surface area contributed by atoms with E-state index in [4.69, 9.17) is 5.41 Å². The van der Waals surface area contributed by atoms with E-state index in [1.54, 1.807) is 0 Å². The van der Waals surface area contributed by atoms with E-state index in [-0.39, 0.29) is 0 Å². The highest BCUT2D eigenvalue weighted by molar-refractivity contribution is 5.80. The topological polar surface area (TPSA) is 23.9 Å². The minimum absolute atomic E-state index is 0.905. The molecule has 0 aromatic rings. The van der Waals surface area contributed by atoms with E-state index >= 15 is 0 Å². The lowest BCUT2D eigenvalue weighted by Crippen LogP contribution is -2.11. The lowest BCUT2D eigenvalue weighted by Gasteiger charge is -2.21. The van der Waals surface area contributed by atoms with Crippen LogP contribution in [0.3, 0.4) is 0 Å². The van der Waals surface area contributed by atoms with Gasteiger partial charge in [-0.1, -0.05) is 46.0 Å². The zero-order valence-corrected chi connectivity index (χ0v) is 9.81. The van der Waals surface area contributed by atoms with Crippen LogP contribution in [0.25, 0.3) is 0 Å². The van der Waals surface area contributed by atoms with Gasteiger partial charge in [-0.2, -0.15) is 0 Å². The highest BCUT2D eigenvalue weighted by Crippen LogP contribution is 2.31. The standard InChI is InChI=1S/C13H25N/c1-3-13(14)10-9-12-8-6-4-5-7-11(12)2/h11-12,14H,3-10H2,1-2H3/t11?,12-/m1/s1. The van der Waals surface area contributed by atoms with Crippen LogP contribution < -0.4 is 0 Å². The van der Waals surface area contributed by atoms with Gasteiger partial charge in [-0.25, -0.2) is 0 Å². The van der Waals surface area contributed by atoms with Crippen LogP contribution in [0.1, 0.15) is 65.2 Å². The van der Waals surface area contributed by atoms with Crippen LogP contribution in [0.4, 0.5) is 0 Å². The van der Waals surface area contributed by atoms with Gasteiger partial charge in [0.15, 0.2) is 0 Å². The molecule has 14 heavy (non-hydrogen) atoms. The van der Waals surface area contributed by atoms with Gasteiger partial charge in [0.1, 0.15) is 0 Å². The van der Waals surface area contributed by atoms with Gasteiger partial charge in [0.05, 0.1) is 0 Å². The summed E-state index contributed by atoms with van der Waals surface area (Å²) in [6.45, 7) is 4.50. The third-order valence-electron chi connectivity index (χ3n) is 3.78. The Labute approximate surface area is 88.8 Å². The fraction of sp³-hybridized carbons (Fsp3) is 0.923. The van der Waals surface area contributed by atoms with E-state index in [1.807, 2.05) is 0 Å². The normalized spacial score (nSPS) is 28.4. The van der Waals surface area contributed by atoms with Crippen molar-refractivity contribution < 1.29 is 0 Å². The lowest BCUT2D eigenvalue weighted by atomic mass is 9.85. The largest absolute Gasteiger partial charge is 0.310 e. The van der Waals surface area contributed by atoms with Crippen LogP contribution in [-0.2, 0) is 0 Å². The summed E-state index contributed by atoms with van der Waals surface area (Å²) in [5.41, 5.74) is 0.946. The van der Waals surface area contributed by atoms with Gasteiger partial charge < -0.3 is 5.41 Å². The van der Waals surface area contributed by atoms with Crippen LogP contribution in [0.2, 0.25) is 0 Å². The van der Waals surface area contributed by atoms with Crippen molar-refractivity contribution >= 4 is 5.71 Å². The monoisotopic (exact) mass is 195 g/mol. The number of hydrogen-bond acceptors (Lipinski definition) is 1. The van der Waals surface area contributed by atoms with Gasteiger partial charge >= 0.3 is 0 Å². The van der Waals surface area contributed by atoms with E-state index < -0.39 is 0 Å². The fourth-order valence-electron chi connectivity index (χ4n) is 2.54. The summed E-state index contributed by atoms with van der Waals surface area (Å²) < 4.78 is 0. The molecule has 0 radical (unpaired) electrons. The molecule has 0 aromatic heterocycles. The molecule has 0 aliphatic heterocycles. The summed E-state index contributed by atoms with van der Waals surface area (Å²) >= 11 is 0. The smallest absolute Gasteiger partial charge is 0.00865 e. The Balaban J connectivity index is 2.29. The first-order chi connectivity index (χ1) is 6.74. The summed E-state index contributed by atoms with van der Waals surface area (Å²) in [6, 6.07) is 0. The van der Waals surface area contributed by atoms with Crippen molar-refractivity contribution in [2.75, 3.05) is 0 Å². The average Bonchev–Trinajstić information content (AvgIpc) is 2.39. The second kappa shape index (κ2) is 6.21. The van der Waals surface area contributed by atoms with Gasteiger partial charge in [-0.3, -0.25) is 0 Å². The third-order valence-corrected chi connectivity index (χ3v) is 3.78. The summed E-state index contributed by atoms with van der Waals surface area (Å²) in [5, 5.41) is 7.68. The Kier molecular flexibility index (Phi) is 5.21. The molecule has 82 valence electrons. The molecule has 0 aromatic carbocycles. The summed E-state index contributed by atoms with van der Waals surface area (Å²) in [6.07, 6.45) is 10.4. The zero-order valence-electron chi connectivity index (χ0n) is 9.81. The Hall–Kier alpha value is -0.330. The predicted octanol–water partition coefficient (Wildman–Crippen LogP) is 4.41. The van der Waals surface area contributed by atoms with Crippen molar-refractivity contribution in [2.24, 2.45) is 11.8 Å². The van der Waals surface area contributed by atoms with Crippen molar-refractivity contribution in [3.8, 4) is 0 Å². The van der Waals surface area contributed by atoms with Crippen molar-refractivity contribution in [2.45, 2.75) is 65.2 Å². The van der Waals surface area contributed by atoms with Crippen LogP contribution in [-0.4, -0.2) is 5.71 Å². The van der Waals surface area contributed by atoms with E-state index in [0.717, 1.165) is 30.4 Å². The Morgan fingerprint density at radius 1 is 1.21 bits per heavy atom. The molecule has 1 saturated carbocycles. The van der Waals surface area contributed by atoms with Crippen molar-refractivity contribution in [1.29, 1.82) is 5.41 Å². The minimum atomic E-state index is 0.905. The molecule has 2 atom stereocenters. The molecule has 1 rings (SSSR count). The molecule has 1 N–H and O–H groups in total. The molecule has 1 unspecified atom stereocenters. The van der Waals surface area contributed by atoms with Gasteiger partial charge in [0.25, 0.3) is 0 Å². The van der Waals surface area contributed by atoms with Crippen molar-refractivity contribution in [1.82, 2.24) is 0 Å². The maximum atomic E-state index is 7.68. The average molecular weight is 195 g/mol. The highest BCUT2D eigenvalue weighted by atomic mass is 14.4. The summed E-state index contributed by atoms with van der Waals surface area (Å²) in [4.78, 5) is 0. The second-order valence-electron chi connectivity index (χ2n) is 4.87. The molecule has 1 aliphatic carbocycles. The lowest BCUT2D eigenvalue weighted by molar-refractivity contribution is 0.321. The molecule has 1 nitrogen and oxygen atoms in total. The third kappa shape index (κ3) is 3.81. The molecule has 0 amide bonds. The van der Waals surface area contributed by atoms with Gasteiger partial charge in [0.2, 0.25) is 0 Å². The van der Waals surface area contributed by atoms with Crippen LogP contribution in [0.15, 0.2) is 0 Å². The minimum Gasteiger partial charge on any atom is -0.310 e. The Bertz CT molecular complexity index is 174. The number of rotatable bonds is 4. The fourth-order valence-corrected chi connectivity index (χ4v) is 2.54. The molecular weight excluding hydrogens is 170 g/mol. The molecule has 0 heterocycles. The highest BCUT2D eigenvalue weighted by Gasteiger charge is 2.19. The summed E-state index contributed by atoms with van der Waals surface area (Å²) in [5.74, 6) is 1.81. The molecule has 1 heteroatoms. The quantitative estimate of drug-likeness (QED) is 0.507. The van der Waals surface area contributed by atoms with Crippen molar-refractivity contribution in [3.63, 3.8) is 0 Å². The van der Waals surface area contributed by atoms with Crippen molar-refractivity contribution in [3.05, 3.63) is 0 Å². The first-order valence-corrected chi connectivity index (χ1v) is 6.30. The summed E-state index contributed by atoms with van der Waals surface area (Å²) in [7, 11) is 0. The number of nitrogens with one attached hydrogen (secondary N) is 1. The molecule has 0 bridgehead atoms. The van der Waals surface area contributed by atoms with E-state index in [0.29, 0.717) is 0 Å². The number of hydrogen-bond donors (Lipinski definition) is 1. The molecule has 0 spiro atoms. The van der Waals surface area contributed by atoms with Gasteiger partial charge in [-0.15, -0.1) is 0 Å².